The van der Waals surface area contributed by atoms with Crippen LogP contribution in [0.5, 0.6) is 0 Å². The molecule has 0 amide bonds. The highest BCUT2D eigenvalue weighted by molar-refractivity contribution is 7.19. The molecule has 2 aromatic carbocycles. The van der Waals surface area contributed by atoms with Crippen LogP contribution >= 0.6 is 11.3 Å². The molecule has 1 aliphatic rings. The molecule has 6 heteroatoms. The van der Waals surface area contributed by atoms with E-state index in [1.54, 1.807) is 11.3 Å². The highest BCUT2D eigenvalue weighted by atomic mass is 32.1. The number of nitrogens with zero attached hydrogens (tertiary/aromatic N) is 5. The summed E-state index contributed by atoms with van der Waals surface area (Å²) < 4.78 is 1.92. The SMILES string of the molecule is c1ccc2cc(-c3nn4c(CN5CCCCC5)nnc4s3)ccc2c1. The summed E-state index contributed by atoms with van der Waals surface area (Å²) in [6.07, 6.45) is 3.90. The maximum atomic E-state index is 4.80. The van der Waals surface area contributed by atoms with Crippen LogP contribution < -0.4 is 0 Å². The summed E-state index contributed by atoms with van der Waals surface area (Å²) in [5.41, 5.74) is 1.14. The van der Waals surface area contributed by atoms with E-state index < -0.39 is 0 Å². The van der Waals surface area contributed by atoms with Crippen molar-refractivity contribution in [2.75, 3.05) is 13.1 Å². The first-order valence-electron chi connectivity index (χ1n) is 8.79. The normalized spacial score (nSPS) is 16.0. The van der Waals surface area contributed by atoms with Gasteiger partial charge in [-0.05, 0) is 42.8 Å². The van der Waals surface area contributed by atoms with E-state index in [1.807, 2.05) is 4.52 Å². The fraction of sp³-hybridized carbons (Fsp3) is 0.316. The van der Waals surface area contributed by atoms with Gasteiger partial charge in [0.05, 0.1) is 6.54 Å². The Labute approximate surface area is 149 Å². The fourth-order valence-electron chi connectivity index (χ4n) is 3.51. The smallest absolute Gasteiger partial charge is 0.235 e. The first-order chi connectivity index (χ1) is 12.4. The second-order valence-corrected chi connectivity index (χ2v) is 7.57. The van der Waals surface area contributed by atoms with Crippen molar-refractivity contribution >= 4 is 27.1 Å². The lowest BCUT2D eigenvalue weighted by molar-refractivity contribution is 0.214. The minimum absolute atomic E-state index is 0.835. The van der Waals surface area contributed by atoms with E-state index in [0.29, 0.717) is 0 Å². The monoisotopic (exact) mass is 349 g/mol. The van der Waals surface area contributed by atoms with Crippen LogP contribution in [0.25, 0.3) is 26.3 Å². The molecule has 3 heterocycles. The Hall–Kier alpha value is -2.31. The Morgan fingerprint density at radius 2 is 1.76 bits per heavy atom. The summed E-state index contributed by atoms with van der Waals surface area (Å²) in [6.45, 7) is 3.13. The van der Waals surface area contributed by atoms with Gasteiger partial charge >= 0.3 is 0 Å². The molecule has 0 bridgehead atoms. The Morgan fingerprint density at radius 3 is 2.64 bits per heavy atom. The van der Waals surface area contributed by atoms with Crippen LogP contribution in [0, 0.1) is 0 Å². The van der Waals surface area contributed by atoms with Crippen LogP contribution in [0.1, 0.15) is 25.1 Å². The fourth-order valence-corrected chi connectivity index (χ4v) is 4.37. The van der Waals surface area contributed by atoms with Gasteiger partial charge in [-0.1, -0.05) is 54.2 Å². The number of benzene rings is 2. The van der Waals surface area contributed by atoms with Gasteiger partial charge in [0.25, 0.3) is 0 Å². The molecule has 126 valence electrons. The van der Waals surface area contributed by atoms with Crippen molar-refractivity contribution in [3.8, 4) is 10.6 Å². The van der Waals surface area contributed by atoms with Crippen LogP contribution in [0.3, 0.4) is 0 Å². The number of rotatable bonds is 3. The molecule has 1 saturated heterocycles. The standard InChI is InChI=1S/C19H19N5S/c1-4-10-23(11-5-1)13-17-20-21-19-24(17)22-18(25-19)16-9-8-14-6-2-3-7-15(14)12-16/h2-3,6-9,12H,1,4-5,10-11,13H2. The quantitative estimate of drug-likeness (QED) is 0.561. The Kier molecular flexibility index (Phi) is 3.72. The van der Waals surface area contributed by atoms with Crippen LogP contribution in [0.15, 0.2) is 42.5 Å². The lowest BCUT2D eigenvalue weighted by atomic mass is 10.1. The molecular formula is C19H19N5S. The van der Waals surface area contributed by atoms with E-state index in [4.69, 9.17) is 5.10 Å². The second-order valence-electron chi connectivity index (χ2n) is 6.62. The van der Waals surface area contributed by atoms with E-state index >= 15 is 0 Å². The zero-order valence-corrected chi connectivity index (χ0v) is 14.7. The summed E-state index contributed by atoms with van der Waals surface area (Å²) in [6, 6.07) is 14.9. The van der Waals surface area contributed by atoms with Gasteiger partial charge in [0.1, 0.15) is 5.01 Å². The molecule has 0 radical (unpaired) electrons. The molecule has 0 unspecified atom stereocenters. The van der Waals surface area contributed by atoms with Crippen LogP contribution in [0.2, 0.25) is 0 Å². The van der Waals surface area contributed by atoms with E-state index in [1.165, 1.54) is 30.0 Å². The molecular weight excluding hydrogens is 330 g/mol. The van der Waals surface area contributed by atoms with Gasteiger partial charge in [0.15, 0.2) is 5.82 Å². The Morgan fingerprint density at radius 1 is 0.920 bits per heavy atom. The van der Waals surface area contributed by atoms with Crippen LogP contribution in [-0.4, -0.2) is 37.8 Å². The molecule has 1 fully saturated rings. The molecule has 0 saturated carbocycles. The predicted molar refractivity (Wildman–Crippen MR) is 101 cm³/mol. The van der Waals surface area contributed by atoms with E-state index in [2.05, 4.69) is 57.6 Å². The van der Waals surface area contributed by atoms with Gasteiger partial charge in [-0.15, -0.1) is 10.2 Å². The third kappa shape index (κ3) is 2.81. The summed E-state index contributed by atoms with van der Waals surface area (Å²) in [5.74, 6) is 0.945. The molecule has 0 N–H and O–H groups in total. The van der Waals surface area contributed by atoms with Crippen molar-refractivity contribution in [3.63, 3.8) is 0 Å². The average molecular weight is 349 g/mol. The summed E-state index contributed by atoms with van der Waals surface area (Å²) >= 11 is 1.60. The summed E-state index contributed by atoms with van der Waals surface area (Å²) in [5, 5.41) is 17.0. The van der Waals surface area contributed by atoms with Crippen molar-refractivity contribution in [1.82, 2.24) is 24.7 Å². The van der Waals surface area contributed by atoms with Gasteiger partial charge in [-0.3, -0.25) is 4.90 Å². The number of hydrogen-bond donors (Lipinski definition) is 0. The van der Waals surface area contributed by atoms with E-state index in [0.717, 1.165) is 41.0 Å². The van der Waals surface area contributed by atoms with Gasteiger partial charge in [-0.2, -0.15) is 9.61 Å². The summed E-state index contributed by atoms with van der Waals surface area (Å²) in [7, 11) is 0. The van der Waals surface area contributed by atoms with Crippen molar-refractivity contribution in [3.05, 3.63) is 48.3 Å². The van der Waals surface area contributed by atoms with E-state index in [-0.39, 0.29) is 0 Å². The second kappa shape index (κ2) is 6.20. The van der Waals surface area contributed by atoms with E-state index in [9.17, 15) is 0 Å². The zero-order valence-electron chi connectivity index (χ0n) is 13.9. The minimum Gasteiger partial charge on any atom is -0.296 e. The highest BCUT2D eigenvalue weighted by Crippen LogP contribution is 2.28. The first kappa shape index (κ1) is 15.0. The van der Waals surface area contributed by atoms with Crippen molar-refractivity contribution in [2.45, 2.75) is 25.8 Å². The molecule has 25 heavy (non-hydrogen) atoms. The lowest BCUT2D eigenvalue weighted by Gasteiger charge is -2.25. The predicted octanol–water partition coefficient (Wildman–Crippen LogP) is 3.99. The van der Waals surface area contributed by atoms with Crippen molar-refractivity contribution in [1.29, 1.82) is 0 Å². The molecule has 4 aromatic rings. The maximum Gasteiger partial charge on any atom is 0.235 e. The number of likely N-dealkylation sites (tertiary alicyclic amines) is 1. The van der Waals surface area contributed by atoms with Crippen LogP contribution in [-0.2, 0) is 6.54 Å². The van der Waals surface area contributed by atoms with Crippen molar-refractivity contribution in [2.24, 2.45) is 0 Å². The van der Waals surface area contributed by atoms with Gasteiger partial charge < -0.3 is 0 Å². The number of aromatic nitrogens is 4. The zero-order chi connectivity index (χ0) is 16.6. The largest absolute Gasteiger partial charge is 0.296 e. The third-order valence-corrected chi connectivity index (χ3v) is 5.81. The van der Waals surface area contributed by atoms with Gasteiger partial charge in [-0.25, -0.2) is 0 Å². The van der Waals surface area contributed by atoms with Gasteiger partial charge in [0.2, 0.25) is 4.96 Å². The van der Waals surface area contributed by atoms with Crippen molar-refractivity contribution < 1.29 is 0 Å². The molecule has 1 aliphatic heterocycles. The molecule has 0 atom stereocenters. The third-order valence-electron chi connectivity index (χ3n) is 4.87. The Balaban J connectivity index is 1.49. The van der Waals surface area contributed by atoms with Gasteiger partial charge in [0, 0.05) is 5.56 Å². The first-order valence-corrected chi connectivity index (χ1v) is 9.61. The molecule has 2 aromatic heterocycles. The average Bonchev–Trinajstić information content (AvgIpc) is 3.24. The lowest BCUT2D eigenvalue weighted by Crippen LogP contribution is -2.30. The minimum atomic E-state index is 0.835. The number of hydrogen-bond acceptors (Lipinski definition) is 5. The maximum absolute atomic E-state index is 4.80. The molecule has 0 spiro atoms. The highest BCUT2D eigenvalue weighted by Gasteiger charge is 2.17. The molecule has 5 rings (SSSR count). The summed E-state index contributed by atoms with van der Waals surface area (Å²) in [4.78, 5) is 3.32. The molecule has 5 nitrogen and oxygen atoms in total. The Bertz CT molecular complexity index is 1030. The van der Waals surface area contributed by atoms with Crippen LogP contribution in [0.4, 0.5) is 0 Å². The number of piperidine rings is 1. The molecule has 0 aliphatic carbocycles. The number of fused-ring (bicyclic) bond motifs is 2. The topological polar surface area (TPSA) is 46.3 Å².